The van der Waals surface area contributed by atoms with Crippen LogP contribution in [0, 0.1) is 5.92 Å². The third-order valence-corrected chi connectivity index (χ3v) is 3.54. The smallest absolute Gasteiger partial charge is 0.0765 e. The number of nitrogens with one attached hydrogen (secondary N) is 2. The van der Waals surface area contributed by atoms with Crippen molar-refractivity contribution in [2.24, 2.45) is 5.92 Å². The summed E-state index contributed by atoms with van der Waals surface area (Å²) >= 11 is 0. The zero-order valence-electron chi connectivity index (χ0n) is 9.42. The van der Waals surface area contributed by atoms with Crippen LogP contribution < -0.4 is 10.9 Å². The van der Waals surface area contributed by atoms with Gasteiger partial charge in [-0.05, 0) is 18.8 Å². The van der Waals surface area contributed by atoms with Crippen LogP contribution in [0.5, 0.6) is 0 Å². The van der Waals surface area contributed by atoms with Crippen molar-refractivity contribution in [2.75, 3.05) is 6.67 Å². The number of hydrazine groups is 1. The zero-order chi connectivity index (χ0) is 9.97. The molecule has 2 rings (SSSR count). The van der Waals surface area contributed by atoms with Crippen LogP contribution in [0.4, 0.5) is 0 Å². The van der Waals surface area contributed by atoms with Gasteiger partial charge in [-0.3, -0.25) is 4.90 Å². The van der Waals surface area contributed by atoms with Gasteiger partial charge in [0.1, 0.15) is 0 Å². The summed E-state index contributed by atoms with van der Waals surface area (Å²) in [5.41, 5.74) is 6.66. The molecular weight excluding hydrogens is 174 g/mol. The molecule has 14 heavy (non-hydrogen) atoms. The van der Waals surface area contributed by atoms with Crippen LogP contribution in [-0.4, -0.2) is 23.8 Å². The Kier molecular flexibility index (Phi) is 3.42. The molecule has 1 saturated carbocycles. The molecular formula is C11H23N3. The van der Waals surface area contributed by atoms with Gasteiger partial charge < -0.3 is 0 Å². The Morgan fingerprint density at radius 2 is 1.86 bits per heavy atom. The van der Waals surface area contributed by atoms with Crippen LogP contribution in [-0.2, 0) is 0 Å². The summed E-state index contributed by atoms with van der Waals surface area (Å²) in [7, 11) is 0. The maximum absolute atomic E-state index is 3.38. The lowest BCUT2D eigenvalue weighted by molar-refractivity contribution is 0.107. The van der Waals surface area contributed by atoms with Gasteiger partial charge in [0, 0.05) is 6.04 Å². The first-order valence-electron chi connectivity index (χ1n) is 6.03. The highest BCUT2D eigenvalue weighted by molar-refractivity contribution is 4.83. The maximum Gasteiger partial charge on any atom is 0.0765 e. The third-order valence-electron chi connectivity index (χ3n) is 3.54. The van der Waals surface area contributed by atoms with Crippen LogP contribution in [0.2, 0.25) is 0 Å². The van der Waals surface area contributed by atoms with Gasteiger partial charge in [-0.2, -0.15) is 0 Å². The van der Waals surface area contributed by atoms with Gasteiger partial charge in [0.25, 0.3) is 0 Å². The van der Waals surface area contributed by atoms with Gasteiger partial charge in [0.15, 0.2) is 0 Å². The van der Waals surface area contributed by atoms with E-state index in [1.165, 1.54) is 32.1 Å². The zero-order valence-corrected chi connectivity index (χ0v) is 9.42. The molecule has 2 fully saturated rings. The molecule has 0 bridgehead atoms. The second-order valence-corrected chi connectivity index (χ2v) is 4.97. The van der Waals surface area contributed by atoms with E-state index in [4.69, 9.17) is 0 Å². The van der Waals surface area contributed by atoms with Crippen LogP contribution in [0.25, 0.3) is 0 Å². The predicted octanol–water partition coefficient (Wildman–Crippen LogP) is 1.67. The van der Waals surface area contributed by atoms with E-state index < -0.39 is 0 Å². The highest BCUT2D eigenvalue weighted by Gasteiger charge is 2.32. The van der Waals surface area contributed by atoms with Crippen LogP contribution >= 0.6 is 0 Å². The molecule has 1 aliphatic heterocycles. The first-order chi connectivity index (χ1) is 6.79. The SMILES string of the molecule is CC(C)C1NNCN1C1CCCCC1. The molecule has 1 unspecified atom stereocenters. The summed E-state index contributed by atoms with van der Waals surface area (Å²) in [6.07, 6.45) is 7.62. The molecule has 0 radical (unpaired) electrons. The quantitative estimate of drug-likeness (QED) is 0.705. The van der Waals surface area contributed by atoms with E-state index in [1.807, 2.05) is 0 Å². The fourth-order valence-electron chi connectivity index (χ4n) is 2.74. The Hall–Kier alpha value is -0.120. The van der Waals surface area contributed by atoms with Crippen molar-refractivity contribution in [3.05, 3.63) is 0 Å². The number of nitrogens with zero attached hydrogens (tertiary/aromatic N) is 1. The molecule has 2 N–H and O–H groups in total. The highest BCUT2D eigenvalue weighted by atomic mass is 15.6. The summed E-state index contributed by atoms with van der Waals surface area (Å²) in [6.45, 7) is 5.61. The number of hydrogen-bond donors (Lipinski definition) is 2. The van der Waals surface area contributed by atoms with Gasteiger partial charge in [0.2, 0.25) is 0 Å². The lowest BCUT2D eigenvalue weighted by Gasteiger charge is -2.35. The van der Waals surface area contributed by atoms with E-state index in [-0.39, 0.29) is 0 Å². The second-order valence-electron chi connectivity index (χ2n) is 4.97. The minimum absolute atomic E-state index is 0.540. The normalized spacial score (nSPS) is 31.5. The lowest BCUT2D eigenvalue weighted by atomic mass is 9.93. The lowest BCUT2D eigenvalue weighted by Crippen LogP contribution is -2.46. The van der Waals surface area contributed by atoms with Crippen molar-refractivity contribution in [1.29, 1.82) is 0 Å². The average Bonchev–Trinajstić information content (AvgIpc) is 2.67. The van der Waals surface area contributed by atoms with E-state index >= 15 is 0 Å². The van der Waals surface area contributed by atoms with Gasteiger partial charge in [-0.15, -0.1) is 0 Å². The molecule has 0 spiro atoms. The second kappa shape index (κ2) is 4.60. The average molecular weight is 197 g/mol. The minimum atomic E-state index is 0.540. The molecule has 1 aliphatic carbocycles. The Labute approximate surface area is 87.2 Å². The Bertz CT molecular complexity index is 175. The van der Waals surface area contributed by atoms with E-state index in [9.17, 15) is 0 Å². The molecule has 1 saturated heterocycles. The molecule has 0 aromatic rings. The van der Waals surface area contributed by atoms with E-state index in [1.54, 1.807) is 0 Å². The minimum Gasteiger partial charge on any atom is -0.270 e. The molecule has 0 amide bonds. The van der Waals surface area contributed by atoms with Gasteiger partial charge in [-0.25, -0.2) is 10.9 Å². The summed E-state index contributed by atoms with van der Waals surface area (Å²) in [5, 5.41) is 0. The van der Waals surface area contributed by atoms with Crippen molar-refractivity contribution >= 4 is 0 Å². The number of rotatable bonds is 2. The summed E-state index contributed by atoms with van der Waals surface area (Å²) in [4.78, 5) is 2.61. The fraction of sp³-hybridized carbons (Fsp3) is 1.00. The van der Waals surface area contributed by atoms with Gasteiger partial charge >= 0.3 is 0 Å². The highest BCUT2D eigenvalue weighted by Crippen LogP contribution is 2.26. The van der Waals surface area contributed by atoms with Crippen molar-refractivity contribution in [1.82, 2.24) is 15.8 Å². The van der Waals surface area contributed by atoms with Crippen LogP contribution in [0.3, 0.4) is 0 Å². The predicted molar refractivity (Wildman–Crippen MR) is 58.5 cm³/mol. The van der Waals surface area contributed by atoms with Crippen molar-refractivity contribution in [3.63, 3.8) is 0 Å². The topological polar surface area (TPSA) is 27.3 Å². The van der Waals surface area contributed by atoms with Crippen molar-refractivity contribution in [2.45, 2.75) is 58.2 Å². The Balaban J connectivity index is 1.94. The van der Waals surface area contributed by atoms with Crippen LogP contribution in [0.1, 0.15) is 46.0 Å². The van der Waals surface area contributed by atoms with E-state index in [2.05, 4.69) is 29.6 Å². The van der Waals surface area contributed by atoms with Gasteiger partial charge in [-0.1, -0.05) is 33.1 Å². The third kappa shape index (κ3) is 2.10. The monoisotopic (exact) mass is 197 g/mol. The molecule has 0 aromatic carbocycles. The van der Waals surface area contributed by atoms with Crippen molar-refractivity contribution in [3.8, 4) is 0 Å². The maximum atomic E-state index is 3.38. The Morgan fingerprint density at radius 1 is 1.14 bits per heavy atom. The summed E-state index contributed by atoms with van der Waals surface area (Å²) < 4.78 is 0. The molecule has 82 valence electrons. The molecule has 0 aromatic heterocycles. The molecule has 2 aliphatic rings. The first kappa shape index (κ1) is 10.4. The molecule has 3 heteroatoms. The Morgan fingerprint density at radius 3 is 2.50 bits per heavy atom. The largest absolute Gasteiger partial charge is 0.270 e. The molecule has 1 atom stereocenters. The standard InChI is InChI=1S/C11H23N3/c1-9(2)11-13-12-8-14(11)10-6-4-3-5-7-10/h9-13H,3-8H2,1-2H3. The fourth-order valence-corrected chi connectivity index (χ4v) is 2.74. The molecule has 1 heterocycles. The van der Waals surface area contributed by atoms with E-state index in [0.29, 0.717) is 12.1 Å². The van der Waals surface area contributed by atoms with Gasteiger partial charge in [0.05, 0.1) is 12.8 Å². The van der Waals surface area contributed by atoms with Crippen molar-refractivity contribution < 1.29 is 0 Å². The first-order valence-corrected chi connectivity index (χ1v) is 6.03. The summed E-state index contributed by atoms with van der Waals surface area (Å²) in [6, 6.07) is 0.818. The van der Waals surface area contributed by atoms with Crippen LogP contribution in [0.15, 0.2) is 0 Å². The molecule has 3 nitrogen and oxygen atoms in total. The number of hydrogen-bond acceptors (Lipinski definition) is 3. The van der Waals surface area contributed by atoms with E-state index in [0.717, 1.165) is 12.7 Å². The summed E-state index contributed by atoms with van der Waals surface area (Å²) in [5.74, 6) is 0.687.